The molecule has 0 aromatic rings. The molecule has 0 saturated carbocycles. The lowest BCUT2D eigenvalue weighted by atomic mass is 10.0. The second kappa shape index (κ2) is 6.32. The van der Waals surface area contributed by atoms with Gasteiger partial charge in [-0.2, -0.15) is 4.31 Å². The van der Waals surface area contributed by atoms with Crippen LogP contribution in [0.15, 0.2) is 0 Å². The van der Waals surface area contributed by atoms with E-state index in [0.717, 1.165) is 19.4 Å². The van der Waals surface area contributed by atoms with Gasteiger partial charge in [0.2, 0.25) is 10.0 Å². The third-order valence-corrected chi connectivity index (χ3v) is 5.29. The Bertz CT molecular complexity index is 343. The number of aliphatic hydroxyl groups excluding tert-OH is 1. The Labute approximate surface area is 111 Å². The summed E-state index contributed by atoms with van der Waals surface area (Å²) in [6.07, 6.45) is 2.10. The third kappa shape index (κ3) is 5.22. The van der Waals surface area contributed by atoms with E-state index in [1.165, 1.54) is 4.31 Å². The quantitative estimate of drug-likeness (QED) is 0.738. The first-order chi connectivity index (χ1) is 8.24. The topological polar surface area (TPSA) is 69.6 Å². The largest absolute Gasteiger partial charge is 0.395 e. The van der Waals surface area contributed by atoms with Crippen LogP contribution >= 0.6 is 0 Å². The van der Waals surface area contributed by atoms with Gasteiger partial charge in [0.1, 0.15) is 0 Å². The molecule has 0 aromatic carbocycles. The summed E-state index contributed by atoms with van der Waals surface area (Å²) in [6, 6.07) is 0.228. The van der Waals surface area contributed by atoms with Gasteiger partial charge in [-0.3, -0.25) is 0 Å². The van der Waals surface area contributed by atoms with Gasteiger partial charge in [0.25, 0.3) is 0 Å². The number of aliphatic hydroxyl groups is 1. The lowest BCUT2D eigenvalue weighted by Gasteiger charge is -2.28. The maximum Gasteiger partial charge on any atom is 0.214 e. The lowest BCUT2D eigenvalue weighted by Crippen LogP contribution is -2.45. The summed E-state index contributed by atoms with van der Waals surface area (Å²) in [6.45, 7) is 7.23. The van der Waals surface area contributed by atoms with Crippen molar-refractivity contribution in [2.24, 2.45) is 5.41 Å². The minimum Gasteiger partial charge on any atom is -0.395 e. The maximum atomic E-state index is 12.3. The molecule has 2 N–H and O–H groups in total. The van der Waals surface area contributed by atoms with E-state index < -0.39 is 10.0 Å². The first-order valence-electron chi connectivity index (χ1n) is 6.57. The molecule has 1 fully saturated rings. The lowest BCUT2D eigenvalue weighted by molar-refractivity contribution is 0.244. The van der Waals surface area contributed by atoms with Crippen LogP contribution in [0.5, 0.6) is 0 Å². The average molecular weight is 278 g/mol. The van der Waals surface area contributed by atoms with E-state index in [4.69, 9.17) is 5.11 Å². The summed E-state index contributed by atoms with van der Waals surface area (Å²) in [7, 11) is -3.30. The Morgan fingerprint density at radius 3 is 2.50 bits per heavy atom. The predicted octanol–water partition coefficient (Wildman–Crippen LogP) is 0.409. The number of hydrogen-bond acceptors (Lipinski definition) is 4. The fourth-order valence-electron chi connectivity index (χ4n) is 2.25. The molecule has 0 aromatic heterocycles. The van der Waals surface area contributed by atoms with Gasteiger partial charge in [0.05, 0.1) is 12.4 Å². The highest BCUT2D eigenvalue weighted by atomic mass is 32.2. The molecule has 0 aliphatic carbocycles. The highest BCUT2D eigenvalue weighted by molar-refractivity contribution is 7.89. The van der Waals surface area contributed by atoms with Crippen LogP contribution in [-0.4, -0.2) is 55.9 Å². The van der Waals surface area contributed by atoms with Crippen LogP contribution in [0.4, 0.5) is 0 Å². The molecule has 6 heteroatoms. The molecule has 108 valence electrons. The Morgan fingerprint density at radius 2 is 2.06 bits per heavy atom. The van der Waals surface area contributed by atoms with E-state index in [1.807, 2.05) is 20.8 Å². The molecule has 1 saturated heterocycles. The van der Waals surface area contributed by atoms with E-state index in [-0.39, 0.29) is 30.4 Å². The van der Waals surface area contributed by atoms with Crippen molar-refractivity contribution in [3.63, 3.8) is 0 Å². The fraction of sp³-hybridized carbons (Fsp3) is 1.00. The zero-order valence-electron chi connectivity index (χ0n) is 11.6. The van der Waals surface area contributed by atoms with Gasteiger partial charge in [0.15, 0.2) is 0 Å². The molecule has 5 nitrogen and oxygen atoms in total. The summed E-state index contributed by atoms with van der Waals surface area (Å²) in [5.41, 5.74) is -0.268. The molecular formula is C12H26N2O3S. The van der Waals surface area contributed by atoms with Gasteiger partial charge in [-0.25, -0.2) is 8.42 Å². The molecule has 0 amide bonds. The van der Waals surface area contributed by atoms with Gasteiger partial charge in [-0.1, -0.05) is 20.8 Å². The predicted molar refractivity (Wildman–Crippen MR) is 72.9 cm³/mol. The molecule has 1 heterocycles. The van der Waals surface area contributed by atoms with Crippen molar-refractivity contribution < 1.29 is 13.5 Å². The third-order valence-electron chi connectivity index (χ3n) is 2.94. The number of nitrogens with zero attached hydrogens (tertiary/aromatic N) is 1. The summed E-state index contributed by atoms with van der Waals surface area (Å²) in [4.78, 5) is 0. The molecule has 1 aliphatic rings. The Morgan fingerprint density at radius 1 is 1.39 bits per heavy atom. The van der Waals surface area contributed by atoms with Crippen LogP contribution in [0, 0.1) is 5.41 Å². The molecule has 1 aliphatic heterocycles. The molecular weight excluding hydrogens is 252 g/mol. The Kier molecular flexibility index (Phi) is 5.58. The van der Waals surface area contributed by atoms with E-state index in [9.17, 15) is 8.42 Å². The minimum atomic E-state index is -3.30. The van der Waals surface area contributed by atoms with Gasteiger partial charge in [-0.15, -0.1) is 0 Å². The monoisotopic (exact) mass is 278 g/mol. The maximum absolute atomic E-state index is 12.3. The summed E-state index contributed by atoms with van der Waals surface area (Å²) in [5, 5.41) is 12.3. The second-order valence-electron chi connectivity index (χ2n) is 6.19. The summed E-state index contributed by atoms with van der Waals surface area (Å²) in [5.74, 6) is 0.118. The van der Waals surface area contributed by atoms with E-state index >= 15 is 0 Å². The van der Waals surface area contributed by atoms with Crippen LogP contribution in [0.2, 0.25) is 0 Å². The Balaban J connectivity index is 2.69. The van der Waals surface area contributed by atoms with Crippen LogP contribution in [0.1, 0.15) is 33.6 Å². The first-order valence-corrected chi connectivity index (χ1v) is 8.17. The van der Waals surface area contributed by atoms with Crippen molar-refractivity contribution in [1.29, 1.82) is 0 Å². The highest BCUT2D eigenvalue weighted by Crippen LogP contribution is 2.19. The summed E-state index contributed by atoms with van der Waals surface area (Å²) < 4.78 is 26.1. The minimum absolute atomic E-state index is 0.118. The number of hydrogen-bond donors (Lipinski definition) is 2. The molecule has 0 bridgehead atoms. The highest BCUT2D eigenvalue weighted by Gasteiger charge is 2.30. The van der Waals surface area contributed by atoms with E-state index in [2.05, 4.69) is 5.32 Å². The van der Waals surface area contributed by atoms with Crippen molar-refractivity contribution in [1.82, 2.24) is 9.62 Å². The van der Waals surface area contributed by atoms with Crippen molar-refractivity contribution in [3.8, 4) is 0 Å². The second-order valence-corrected chi connectivity index (χ2v) is 8.16. The van der Waals surface area contributed by atoms with Gasteiger partial charge < -0.3 is 10.4 Å². The fourth-order valence-corrected chi connectivity index (χ4v) is 4.30. The van der Waals surface area contributed by atoms with Gasteiger partial charge in [0, 0.05) is 19.1 Å². The van der Waals surface area contributed by atoms with Crippen molar-refractivity contribution >= 4 is 10.0 Å². The van der Waals surface area contributed by atoms with E-state index in [1.54, 1.807) is 0 Å². The van der Waals surface area contributed by atoms with Crippen LogP contribution in [0.25, 0.3) is 0 Å². The molecule has 18 heavy (non-hydrogen) atoms. The number of rotatable bonds is 6. The smallest absolute Gasteiger partial charge is 0.214 e. The Hall–Kier alpha value is -0.170. The van der Waals surface area contributed by atoms with Gasteiger partial charge in [-0.05, 0) is 24.8 Å². The van der Waals surface area contributed by atoms with Crippen LogP contribution in [0.3, 0.4) is 0 Å². The van der Waals surface area contributed by atoms with Crippen molar-refractivity contribution in [2.45, 2.75) is 39.7 Å². The average Bonchev–Trinajstić information content (AvgIpc) is 2.66. The molecule has 1 rings (SSSR count). The van der Waals surface area contributed by atoms with Gasteiger partial charge >= 0.3 is 0 Å². The zero-order chi connectivity index (χ0) is 13.8. The molecule has 0 spiro atoms. The van der Waals surface area contributed by atoms with Crippen LogP contribution < -0.4 is 5.32 Å². The first kappa shape index (κ1) is 15.9. The SMILES string of the molecule is CC(C)(C)CS(=O)(=O)N(CCO)CC1CCCN1. The van der Waals surface area contributed by atoms with E-state index in [0.29, 0.717) is 6.54 Å². The van der Waals surface area contributed by atoms with Crippen LogP contribution in [-0.2, 0) is 10.0 Å². The zero-order valence-corrected chi connectivity index (χ0v) is 12.5. The molecule has 1 atom stereocenters. The summed E-state index contributed by atoms with van der Waals surface area (Å²) >= 11 is 0. The van der Waals surface area contributed by atoms with Crippen molar-refractivity contribution in [3.05, 3.63) is 0 Å². The normalized spacial score (nSPS) is 21.7. The number of sulfonamides is 1. The van der Waals surface area contributed by atoms with Crippen molar-refractivity contribution in [2.75, 3.05) is 32.0 Å². The molecule has 0 radical (unpaired) electrons. The molecule has 1 unspecified atom stereocenters. The number of nitrogens with one attached hydrogen (secondary N) is 1. The standard InChI is InChI=1S/C12H26N2O3S/c1-12(2,3)10-18(16,17)14(7-8-15)9-11-5-4-6-13-11/h11,13,15H,4-10H2,1-3H3.